The molecule has 1 aliphatic rings. The molecule has 0 nitrogen and oxygen atoms in total. The van der Waals surface area contributed by atoms with Gasteiger partial charge in [0.25, 0.3) is 0 Å². The minimum Gasteiger partial charge on any atom is -0.169 e. The Morgan fingerprint density at radius 3 is 2.60 bits per heavy atom. The molecule has 0 N–H and O–H groups in total. The average molecular weight is 328 g/mol. The second-order valence-corrected chi connectivity index (χ2v) is 10.1. The largest absolute Gasteiger partial charge is 0.169 e. The molecule has 1 aliphatic carbocycles. The van der Waals surface area contributed by atoms with Gasteiger partial charge < -0.3 is 0 Å². The highest BCUT2D eigenvalue weighted by Gasteiger charge is 2.19. The van der Waals surface area contributed by atoms with Crippen LogP contribution in [-0.2, 0) is 0 Å². The minimum atomic E-state index is -0.738. The van der Waals surface area contributed by atoms with E-state index >= 15 is 0 Å². The Labute approximate surface area is 135 Å². The molecule has 1 aromatic rings. The maximum Gasteiger partial charge on any atom is 0.166 e. The Kier molecular flexibility index (Phi) is 6.93. The van der Waals surface area contributed by atoms with Gasteiger partial charge in [-0.3, -0.25) is 0 Å². The predicted octanol–water partition coefficient (Wildman–Crippen LogP) is 6.64. The van der Waals surface area contributed by atoms with Crippen LogP contribution in [0.4, 0.5) is 0 Å². The van der Waals surface area contributed by atoms with E-state index in [1.54, 1.807) is 0 Å². The molecule has 1 radical (unpaired) electrons. The topological polar surface area (TPSA) is 0 Å². The van der Waals surface area contributed by atoms with Crippen LogP contribution in [0.25, 0.3) is 0 Å². The monoisotopic (exact) mass is 327 g/mol. The fourth-order valence-corrected chi connectivity index (χ4v) is 6.41. The third-order valence-electron chi connectivity index (χ3n) is 4.51. The lowest BCUT2D eigenvalue weighted by Crippen LogP contribution is -2.13. The first kappa shape index (κ1) is 16.4. The number of hydrogen-bond donors (Lipinski definition) is 0. The van der Waals surface area contributed by atoms with E-state index in [9.17, 15) is 0 Å². The molecule has 0 bridgehead atoms. The highest BCUT2D eigenvalue weighted by molar-refractivity contribution is 7.07. The van der Waals surface area contributed by atoms with Gasteiger partial charge in [0.15, 0.2) is 8.11 Å². The molecule has 0 aliphatic heterocycles. The zero-order valence-electron chi connectivity index (χ0n) is 12.4. The first-order chi connectivity index (χ1) is 9.66. The van der Waals surface area contributed by atoms with Gasteiger partial charge in [0.05, 0.1) is 0 Å². The predicted molar refractivity (Wildman–Crippen MR) is 92.3 cm³/mol. The summed E-state index contributed by atoms with van der Waals surface area (Å²) in [5, 5.41) is 0.888. The highest BCUT2D eigenvalue weighted by Crippen LogP contribution is 2.32. The van der Waals surface area contributed by atoms with Crippen molar-refractivity contribution in [1.82, 2.24) is 0 Å². The summed E-state index contributed by atoms with van der Waals surface area (Å²) >= 11 is 12.9. The van der Waals surface area contributed by atoms with Crippen molar-refractivity contribution >= 4 is 30.8 Å². The molecule has 0 amide bonds. The normalized spacial score (nSPS) is 18.4. The number of halogens is 2. The lowest BCUT2D eigenvalue weighted by atomic mass is 9.88. The van der Waals surface area contributed by atoms with Gasteiger partial charge in [-0.1, -0.05) is 75.2 Å². The van der Waals surface area contributed by atoms with Gasteiger partial charge in [-0.25, -0.2) is 0 Å². The molecule has 1 saturated carbocycles. The van der Waals surface area contributed by atoms with Gasteiger partial charge in [-0.05, 0) is 35.6 Å². The second kappa shape index (κ2) is 8.46. The van der Waals surface area contributed by atoms with Gasteiger partial charge in [0, 0.05) is 5.02 Å². The van der Waals surface area contributed by atoms with E-state index in [4.69, 9.17) is 22.7 Å². The number of benzene rings is 1. The van der Waals surface area contributed by atoms with Crippen molar-refractivity contribution in [2.24, 2.45) is 5.92 Å². The van der Waals surface area contributed by atoms with E-state index in [1.807, 2.05) is 12.1 Å². The van der Waals surface area contributed by atoms with E-state index < -0.39 is 8.11 Å². The summed E-state index contributed by atoms with van der Waals surface area (Å²) in [7, 11) is -0.738. The Morgan fingerprint density at radius 1 is 1.20 bits per heavy atom. The molecular weight excluding hydrogens is 303 g/mol. The van der Waals surface area contributed by atoms with E-state index in [1.165, 1.54) is 50.1 Å². The number of rotatable bonds is 6. The summed E-state index contributed by atoms with van der Waals surface area (Å²) in [5.74, 6) is 1.44. The average Bonchev–Trinajstić information content (AvgIpc) is 2.46. The van der Waals surface area contributed by atoms with E-state index in [-0.39, 0.29) is 0 Å². The molecule has 1 unspecified atom stereocenters. The van der Waals surface area contributed by atoms with Crippen LogP contribution >= 0.6 is 22.7 Å². The van der Waals surface area contributed by atoms with Gasteiger partial charge in [-0.15, -0.1) is 0 Å². The summed E-state index contributed by atoms with van der Waals surface area (Å²) in [6, 6.07) is 10.6. The Bertz CT molecular complexity index is 402. The number of hydrogen-bond acceptors (Lipinski definition) is 0. The highest BCUT2D eigenvalue weighted by atomic mass is 35.6. The van der Waals surface area contributed by atoms with Crippen LogP contribution < -0.4 is 0 Å². The van der Waals surface area contributed by atoms with E-state index in [0.29, 0.717) is 5.92 Å². The molecule has 0 spiro atoms. The molecule has 0 saturated heterocycles. The van der Waals surface area contributed by atoms with E-state index in [0.717, 1.165) is 17.0 Å². The zero-order chi connectivity index (χ0) is 14.4. The molecule has 0 aromatic heterocycles. The third kappa shape index (κ3) is 5.09. The fraction of sp³-hybridized carbons (Fsp3) is 0.647. The van der Waals surface area contributed by atoms with Crippen LogP contribution in [0.3, 0.4) is 0 Å². The van der Waals surface area contributed by atoms with E-state index in [2.05, 4.69) is 19.1 Å². The summed E-state index contributed by atoms with van der Waals surface area (Å²) < 4.78 is 0. The SMILES string of the molecule is CC(C[Si](Cl)CCC1CCCCC1)c1ccccc1Cl. The molecule has 111 valence electrons. The molecule has 0 heterocycles. The minimum absolute atomic E-state index is 0.487. The smallest absolute Gasteiger partial charge is 0.166 e. The summed E-state index contributed by atoms with van der Waals surface area (Å²) in [6.07, 6.45) is 8.54. The van der Waals surface area contributed by atoms with Crippen molar-refractivity contribution in [2.75, 3.05) is 0 Å². The molecule has 2 rings (SSSR count). The van der Waals surface area contributed by atoms with Crippen LogP contribution in [0.2, 0.25) is 17.1 Å². The maximum absolute atomic E-state index is 6.66. The molecule has 20 heavy (non-hydrogen) atoms. The van der Waals surface area contributed by atoms with Crippen LogP contribution in [0.15, 0.2) is 24.3 Å². The van der Waals surface area contributed by atoms with Gasteiger partial charge in [0.2, 0.25) is 0 Å². The first-order valence-corrected chi connectivity index (χ1v) is 11.2. The summed E-state index contributed by atoms with van der Waals surface area (Å²) in [4.78, 5) is 0. The van der Waals surface area contributed by atoms with Crippen molar-refractivity contribution in [3.63, 3.8) is 0 Å². The first-order valence-electron chi connectivity index (χ1n) is 7.91. The van der Waals surface area contributed by atoms with Gasteiger partial charge in [0.1, 0.15) is 0 Å². The molecular formula is C17H25Cl2Si. The van der Waals surface area contributed by atoms with Crippen molar-refractivity contribution in [1.29, 1.82) is 0 Å². The Balaban J connectivity index is 1.76. The third-order valence-corrected chi connectivity index (χ3v) is 7.77. The van der Waals surface area contributed by atoms with Gasteiger partial charge >= 0.3 is 0 Å². The van der Waals surface area contributed by atoms with Crippen LogP contribution in [0.1, 0.15) is 56.9 Å². The van der Waals surface area contributed by atoms with Crippen molar-refractivity contribution in [2.45, 2.75) is 63.5 Å². The van der Waals surface area contributed by atoms with Crippen molar-refractivity contribution in [3.05, 3.63) is 34.9 Å². The standard InChI is InChI=1S/C17H25Cl2Si/c1-14(16-9-5-6-10-17(16)18)13-20(19)12-11-15-7-3-2-4-8-15/h5-6,9-10,14-15H,2-4,7-8,11-13H2,1H3. The molecule has 3 heteroatoms. The summed E-state index contributed by atoms with van der Waals surface area (Å²) in [5.41, 5.74) is 1.26. The van der Waals surface area contributed by atoms with Gasteiger partial charge in [-0.2, -0.15) is 11.1 Å². The molecule has 1 fully saturated rings. The van der Waals surface area contributed by atoms with Crippen molar-refractivity contribution < 1.29 is 0 Å². The Morgan fingerprint density at radius 2 is 1.90 bits per heavy atom. The van der Waals surface area contributed by atoms with Crippen LogP contribution in [0, 0.1) is 5.92 Å². The zero-order valence-corrected chi connectivity index (χ0v) is 14.9. The second-order valence-electron chi connectivity index (χ2n) is 6.19. The Hall–Kier alpha value is 0.0169. The lowest BCUT2D eigenvalue weighted by Gasteiger charge is -2.22. The van der Waals surface area contributed by atoms with Crippen LogP contribution in [-0.4, -0.2) is 8.11 Å². The van der Waals surface area contributed by atoms with Crippen LogP contribution in [0.5, 0.6) is 0 Å². The molecule has 1 aromatic carbocycles. The quantitative estimate of drug-likeness (QED) is 0.405. The fourth-order valence-electron chi connectivity index (χ4n) is 3.26. The maximum atomic E-state index is 6.66. The summed E-state index contributed by atoms with van der Waals surface area (Å²) in [6.45, 7) is 2.26. The molecule has 1 atom stereocenters. The van der Waals surface area contributed by atoms with Crippen molar-refractivity contribution in [3.8, 4) is 0 Å². The lowest BCUT2D eigenvalue weighted by molar-refractivity contribution is 0.349.